The monoisotopic (exact) mass is 504 g/mol. The van der Waals surface area contributed by atoms with E-state index < -0.39 is 35.5 Å². The number of carbonyl (C=O) groups is 1. The largest absolute Gasteiger partial charge is 0.573 e. The number of unbranched alkanes of at least 4 members (excludes halogenated alkanes) is 2. The van der Waals surface area contributed by atoms with Gasteiger partial charge in [0.2, 0.25) is 5.75 Å². The smallest absolute Gasteiger partial charge is 0.494 e. The number of carbonyl (C=O) groups excluding carboxylic acids is 1. The molecule has 0 saturated carbocycles. The molecule has 0 aliphatic carbocycles. The molecule has 0 bridgehead atoms. The van der Waals surface area contributed by atoms with Gasteiger partial charge in [-0.25, -0.2) is 13.6 Å². The molecule has 1 fully saturated rings. The van der Waals surface area contributed by atoms with Gasteiger partial charge in [0.05, 0.1) is 32.0 Å². The fraction of sp³-hybridized carbons (Fsp3) is 0.458. The first kappa shape index (κ1) is 26.7. The second kappa shape index (κ2) is 11.7. The van der Waals surface area contributed by atoms with Crippen LogP contribution >= 0.6 is 0 Å². The van der Waals surface area contributed by atoms with Crippen molar-refractivity contribution in [2.24, 2.45) is 5.41 Å². The van der Waals surface area contributed by atoms with Crippen molar-refractivity contribution in [3.63, 3.8) is 0 Å². The van der Waals surface area contributed by atoms with Crippen LogP contribution in [0.2, 0.25) is 0 Å². The topological polar surface area (TPSA) is 63.2 Å². The molecule has 192 valence electrons. The summed E-state index contributed by atoms with van der Waals surface area (Å²) in [5.41, 5.74) is 0.195. The number of esters is 1. The zero-order valence-corrected chi connectivity index (χ0v) is 19.0. The zero-order chi connectivity index (χ0) is 25.5. The molecule has 0 spiro atoms. The second-order valence-corrected chi connectivity index (χ2v) is 8.44. The highest BCUT2D eigenvalue weighted by Gasteiger charge is 2.34. The average Bonchev–Trinajstić information content (AvgIpc) is 2.76. The molecule has 0 N–H and O–H groups in total. The first-order valence-electron chi connectivity index (χ1n) is 10.9. The Balaban J connectivity index is 1.38. The third kappa shape index (κ3) is 8.36. The van der Waals surface area contributed by atoms with Crippen molar-refractivity contribution in [3.05, 3.63) is 53.6 Å². The van der Waals surface area contributed by atoms with E-state index in [0.717, 1.165) is 32.5 Å². The third-order valence-electron chi connectivity index (χ3n) is 5.04. The van der Waals surface area contributed by atoms with Crippen LogP contribution in [0.15, 0.2) is 36.4 Å². The Morgan fingerprint density at radius 2 is 1.60 bits per heavy atom. The van der Waals surface area contributed by atoms with Crippen LogP contribution in [0.4, 0.5) is 22.0 Å². The fourth-order valence-corrected chi connectivity index (χ4v) is 3.19. The van der Waals surface area contributed by atoms with Crippen LogP contribution in [0.5, 0.6) is 17.2 Å². The van der Waals surface area contributed by atoms with Gasteiger partial charge in [-0.1, -0.05) is 6.92 Å². The van der Waals surface area contributed by atoms with Crippen molar-refractivity contribution in [2.45, 2.75) is 32.5 Å². The molecule has 1 aliphatic heterocycles. The number of rotatable bonds is 12. The van der Waals surface area contributed by atoms with E-state index in [0.29, 0.717) is 37.7 Å². The summed E-state index contributed by atoms with van der Waals surface area (Å²) in [6, 6.07) is 6.69. The molecule has 0 unspecified atom stereocenters. The van der Waals surface area contributed by atoms with E-state index >= 15 is 0 Å². The van der Waals surface area contributed by atoms with E-state index in [1.807, 2.05) is 0 Å². The maximum Gasteiger partial charge on any atom is 0.573 e. The second-order valence-electron chi connectivity index (χ2n) is 8.44. The SMILES string of the molecule is CC1(COCCCCCOc2ccc(C(=O)Oc3cc(F)c(OC(F)(F)F)c(F)c3)cc2)COC1. The normalized spacial score (nSPS) is 14.8. The Kier molecular flexibility index (Phi) is 8.90. The number of halogens is 5. The molecule has 2 aromatic carbocycles. The summed E-state index contributed by atoms with van der Waals surface area (Å²) in [6.07, 6.45) is -2.62. The van der Waals surface area contributed by atoms with Crippen LogP contribution in [-0.4, -0.2) is 45.4 Å². The molecule has 0 atom stereocenters. The number of alkyl halides is 3. The number of ether oxygens (including phenoxy) is 5. The summed E-state index contributed by atoms with van der Waals surface area (Å²) in [7, 11) is 0. The zero-order valence-electron chi connectivity index (χ0n) is 19.0. The first-order valence-corrected chi connectivity index (χ1v) is 10.9. The first-order chi connectivity index (χ1) is 16.5. The molecule has 1 aliphatic rings. The Morgan fingerprint density at radius 1 is 0.971 bits per heavy atom. The van der Waals surface area contributed by atoms with Crippen LogP contribution in [0, 0.1) is 17.0 Å². The van der Waals surface area contributed by atoms with Crippen molar-refractivity contribution in [2.75, 3.05) is 33.0 Å². The van der Waals surface area contributed by atoms with E-state index in [2.05, 4.69) is 11.7 Å². The molecule has 1 heterocycles. The highest BCUT2D eigenvalue weighted by molar-refractivity contribution is 5.91. The molecule has 0 aromatic heterocycles. The van der Waals surface area contributed by atoms with Crippen LogP contribution in [0.3, 0.4) is 0 Å². The maximum absolute atomic E-state index is 13.8. The van der Waals surface area contributed by atoms with E-state index in [4.69, 9.17) is 18.9 Å². The van der Waals surface area contributed by atoms with Crippen molar-refractivity contribution in [3.8, 4) is 17.2 Å². The highest BCUT2D eigenvalue weighted by Crippen LogP contribution is 2.32. The van der Waals surface area contributed by atoms with E-state index in [-0.39, 0.29) is 11.0 Å². The molecule has 2 aromatic rings. The van der Waals surface area contributed by atoms with Gasteiger partial charge in [0, 0.05) is 24.2 Å². The van der Waals surface area contributed by atoms with Crippen LogP contribution in [0.1, 0.15) is 36.5 Å². The lowest BCUT2D eigenvalue weighted by atomic mass is 9.90. The lowest BCUT2D eigenvalue weighted by Crippen LogP contribution is -2.43. The average molecular weight is 504 g/mol. The molecule has 1 saturated heterocycles. The van der Waals surface area contributed by atoms with Gasteiger partial charge in [0.25, 0.3) is 0 Å². The number of hydrogen-bond acceptors (Lipinski definition) is 6. The van der Waals surface area contributed by atoms with Crippen molar-refractivity contribution in [1.82, 2.24) is 0 Å². The van der Waals surface area contributed by atoms with Crippen molar-refractivity contribution in [1.29, 1.82) is 0 Å². The lowest BCUT2D eigenvalue weighted by Gasteiger charge is -2.37. The molecule has 0 amide bonds. The lowest BCUT2D eigenvalue weighted by molar-refractivity contribution is -0.276. The maximum atomic E-state index is 13.8. The Morgan fingerprint density at radius 3 is 2.17 bits per heavy atom. The number of benzene rings is 2. The Hall–Kier alpha value is -2.92. The van der Waals surface area contributed by atoms with Crippen LogP contribution in [0.25, 0.3) is 0 Å². The Labute approximate surface area is 198 Å². The molecule has 11 heteroatoms. The van der Waals surface area contributed by atoms with Gasteiger partial charge in [-0.2, -0.15) is 0 Å². The summed E-state index contributed by atoms with van der Waals surface area (Å²) >= 11 is 0. The van der Waals surface area contributed by atoms with Crippen molar-refractivity contribution >= 4 is 5.97 Å². The molecule has 35 heavy (non-hydrogen) atoms. The van der Waals surface area contributed by atoms with Gasteiger partial charge < -0.3 is 23.7 Å². The van der Waals surface area contributed by atoms with Crippen LogP contribution < -0.4 is 14.2 Å². The quantitative estimate of drug-likeness (QED) is 0.160. The molecular weight excluding hydrogens is 479 g/mol. The Bertz CT molecular complexity index is 966. The molecule has 3 rings (SSSR count). The third-order valence-corrected chi connectivity index (χ3v) is 5.04. The summed E-state index contributed by atoms with van der Waals surface area (Å²) in [5.74, 6) is -6.02. The van der Waals surface area contributed by atoms with E-state index in [9.17, 15) is 26.7 Å². The molecular formula is C24H25F5O6. The molecule has 6 nitrogen and oxygen atoms in total. The minimum absolute atomic E-state index is 0.0523. The minimum Gasteiger partial charge on any atom is -0.494 e. The molecule has 0 radical (unpaired) electrons. The van der Waals surface area contributed by atoms with Crippen molar-refractivity contribution < 1.29 is 50.4 Å². The van der Waals surface area contributed by atoms with Gasteiger partial charge >= 0.3 is 12.3 Å². The summed E-state index contributed by atoms with van der Waals surface area (Å²) in [4.78, 5) is 12.2. The predicted octanol–water partition coefficient (Wildman–Crippen LogP) is 5.68. The fourth-order valence-electron chi connectivity index (χ4n) is 3.19. The van der Waals surface area contributed by atoms with E-state index in [1.165, 1.54) is 24.3 Å². The minimum atomic E-state index is -5.28. The van der Waals surface area contributed by atoms with Gasteiger partial charge in [0.15, 0.2) is 11.6 Å². The van der Waals surface area contributed by atoms with Gasteiger partial charge in [0.1, 0.15) is 11.5 Å². The summed E-state index contributed by atoms with van der Waals surface area (Å²) < 4.78 is 88.8. The number of hydrogen-bond donors (Lipinski definition) is 0. The van der Waals surface area contributed by atoms with Gasteiger partial charge in [-0.05, 0) is 43.5 Å². The summed E-state index contributed by atoms with van der Waals surface area (Å²) in [5, 5.41) is 0. The van der Waals surface area contributed by atoms with E-state index in [1.54, 1.807) is 0 Å². The standard InChI is InChI=1S/C24H25F5O6/c1-23(14-32-15-23)13-31-9-3-2-4-10-33-17-7-5-16(6-8-17)22(30)34-18-11-19(25)21(20(26)12-18)35-24(27,28)29/h5-8,11-12H,2-4,9-10,13-15H2,1H3. The highest BCUT2D eigenvalue weighted by atomic mass is 19.4. The summed E-state index contributed by atoms with van der Waals surface area (Å²) in [6.45, 7) is 5.45. The predicted molar refractivity (Wildman–Crippen MR) is 114 cm³/mol. The van der Waals surface area contributed by atoms with Gasteiger partial charge in [-0.3, -0.25) is 0 Å². The van der Waals surface area contributed by atoms with Crippen LogP contribution in [-0.2, 0) is 9.47 Å². The van der Waals surface area contributed by atoms with Gasteiger partial charge in [-0.15, -0.1) is 13.2 Å².